The summed E-state index contributed by atoms with van der Waals surface area (Å²) in [5.41, 5.74) is 3.11. The van der Waals surface area contributed by atoms with E-state index in [0.717, 1.165) is 11.1 Å². The van der Waals surface area contributed by atoms with Crippen LogP contribution in [0.5, 0.6) is 5.75 Å². The number of nitrogens with one attached hydrogen (secondary N) is 2. The number of aromatic nitrogens is 1. The lowest BCUT2D eigenvalue weighted by Crippen LogP contribution is -2.30. The number of sulfonamides is 1. The zero-order valence-corrected chi connectivity index (χ0v) is 22.3. The topological polar surface area (TPSA) is 83.6 Å². The van der Waals surface area contributed by atoms with E-state index in [4.69, 9.17) is 17.0 Å². The summed E-state index contributed by atoms with van der Waals surface area (Å²) in [6.45, 7) is 0.714. The number of rotatable bonds is 10. The van der Waals surface area contributed by atoms with Gasteiger partial charge in [0.15, 0.2) is 5.11 Å². The lowest BCUT2D eigenvalue weighted by atomic mass is 10.2. The molecule has 2 N–H and O–H groups in total. The van der Waals surface area contributed by atoms with Gasteiger partial charge in [0, 0.05) is 37.7 Å². The van der Waals surface area contributed by atoms with Gasteiger partial charge in [0.05, 0.1) is 12.0 Å². The molecule has 0 saturated heterocycles. The molecule has 0 unspecified atom stereocenters. The van der Waals surface area contributed by atoms with Crippen LogP contribution in [0.2, 0.25) is 0 Å². The number of pyridine rings is 1. The molecule has 7 nitrogen and oxygen atoms in total. The zero-order chi connectivity index (χ0) is 27.0. The van der Waals surface area contributed by atoms with Crippen LogP contribution in [0, 0.1) is 5.82 Å². The van der Waals surface area contributed by atoms with E-state index in [2.05, 4.69) is 15.6 Å². The molecule has 4 rings (SSSR count). The van der Waals surface area contributed by atoms with Gasteiger partial charge in [-0.15, -0.1) is 0 Å². The normalized spacial score (nSPS) is 11.2. The molecule has 1 heterocycles. The third-order valence-corrected chi connectivity index (χ3v) is 7.77. The lowest BCUT2D eigenvalue weighted by Gasteiger charge is -2.23. The van der Waals surface area contributed by atoms with E-state index < -0.39 is 10.0 Å². The van der Waals surface area contributed by atoms with Crippen molar-refractivity contribution in [3.05, 3.63) is 120 Å². The number of nitrogens with zero attached hydrogens (tertiary/aromatic N) is 2. The van der Waals surface area contributed by atoms with E-state index in [1.807, 2.05) is 24.3 Å². The highest BCUT2D eigenvalue weighted by molar-refractivity contribution is 7.89. The van der Waals surface area contributed by atoms with Gasteiger partial charge in [-0.25, -0.2) is 12.8 Å². The molecule has 3 aromatic carbocycles. The molecule has 0 radical (unpaired) electrons. The molecular weight excluding hydrogens is 523 g/mol. The maximum atomic E-state index is 13.7. The number of ether oxygens (including phenoxy) is 1. The molecule has 4 aromatic rings. The Hall–Kier alpha value is -3.86. The summed E-state index contributed by atoms with van der Waals surface area (Å²) in [6.07, 6.45) is 3.42. The van der Waals surface area contributed by atoms with Gasteiger partial charge in [0.25, 0.3) is 0 Å². The highest BCUT2D eigenvalue weighted by Crippen LogP contribution is 2.24. The van der Waals surface area contributed by atoms with Crippen molar-refractivity contribution >= 4 is 33.0 Å². The first-order valence-electron chi connectivity index (χ1n) is 11.7. The molecule has 1 aromatic heterocycles. The van der Waals surface area contributed by atoms with Crippen LogP contribution < -0.4 is 15.4 Å². The fourth-order valence-corrected chi connectivity index (χ4v) is 5.32. The summed E-state index contributed by atoms with van der Waals surface area (Å²) in [5, 5.41) is 6.58. The second kappa shape index (κ2) is 12.6. The quantitative estimate of drug-likeness (QED) is 0.266. The van der Waals surface area contributed by atoms with Crippen molar-refractivity contribution in [3.63, 3.8) is 0 Å². The third kappa shape index (κ3) is 7.34. The van der Waals surface area contributed by atoms with Crippen molar-refractivity contribution in [1.29, 1.82) is 0 Å². The highest BCUT2D eigenvalue weighted by Gasteiger charge is 2.25. The van der Waals surface area contributed by atoms with E-state index >= 15 is 0 Å². The third-order valence-electron chi connectivity index (χ3n) is 5.72. The molecule has 0 atom stereocenters. The molecule has 0 aliphatic heterocycles. The van der Waals surface area contributed by atoms with Crippen LogP contribution in [0.3, 0.4) is 0 Å². The van der Waals surface area contributed by atoms with Crippen LogP contribution >= 0.6 is 12.2 Å². The number of hydrogen-bond acceptors (Lipinski definition) is 5. The van der Waals surface area contributed by atoms with Crippen molar-refractivity contribution < 1.29 is 17.5 Å². The SMILES string of the molecule is COc1cccc(CN(Cc2ccc(F)cc2)S(=O)(=O)c2ccc(NC(=S)NCc3ccncc3)cc2)c1. The Labute approximate surface area is 227 Å². The molecular formula is C28H27FN4O3S2. The molecule has 38 heavy (non-hydrogen) atoms. The molecule has 0 spiro atoms. The monoisotopic (exact) mass is 550 g/mol. The number of hydrogen-bond donors (Lipinski definition) is 2. The van der Waals surface area contributed by atoms with Gasteiger partial charge in [-0.3, -0.25) is 4.98 Å². The van der Waals surface area contributed by atoms with Crippen molar-refractivity contribution in [3.8, 4) is 5.75 Å². The molecule has 0 aliphatic carbocycles. The summed E-state index contributed by atoms with van der Waals surface area (Å²) in [4.78, 5) is 4.12. The van der Waals surface area contributed by atoms with Crippen LogP contribution in [-0.2, 0) is 29.7 Å². The Morgan fingerprint density at radius 3 is 2.29 bits per heavy atom. The van der Waals surface area contributed by atoms with E-state index in [9.17, 15) is 12.8 Å². The Kier molecular flexibility index (Phi) is 9.01. The predicted molar refractivity (Wildman–Crippen MR) is 150 cm³/mol. The first-order chi connectivity index (χ1) is 18.3. The zero-order valence-electron chi connectivity index (χ0n) is 20.7. The Morgan fingerprint density at radius 2 is 1.61 bits per heavy atom. The number of methoxy groups -OCH3 is 1. The number of thiocarbonyl (C=S) groups is 1. The predicted octanol–water partition coefficient (Wildman–Crippen LogP) is 5.11. The van der Waals surface area contributed by atoms with Crippen molar-refractivity contribution in [2.75, 3.05) is 12.4 Å². The van der Waals surface area contributed by atoms with E-state index in [0.29, 0.717) is 28.7 Å². The van der Waals surface area contributed by atoms with Crippen LogP contribution in [0.4, 0.5) is 10.1 Å². The van der Waals surface area contributed by atoms with E-state index in [-0.39, 0.29) is 23.8 Å². The second-order valence-corrected chi connectivity index (χ2v) is 10.8. The summed E-state index contributed by atoms with van der Waals surface area (Å²) in [7, 11) is -2.34. The standard InChI is InChI=1S/C28H27FN4O3S2/c1-36-26-4-2-3-23(17-26)20-33(19-22-5-7-24(29)8-6-22)38(34,35)27-11-9-25(10-12-27)32-28(37)31-18-21-13-15-30-16-14-21/h2-17H,18-20H2,1H3,(H2,31,32,37). The van der Waals surface area contributed by atoms with Gasteiger partial charge < -0.3 is 15.4 Å². The maximum Gasteiger partial charge on any atom is 0.243 e. The van der Waals surface area contributed by atoms with Gasteiger partial charge >= 0.3 is 0 Å². The average Bonchev–Trinajstić information content (AvgIpc) is 2.93. The number of benzene rings is 3. The van der Waals surface area contributed by atoms with Crippen molar-refractivity contribution in [2.45, 2.75) is 24.5 Å². The highest BCUT2D eigenvalue weighted by atomic mass is 32.2. The first-order valence-corrected chi connectivity index (χ1v) is 13.6. The minimum Gasteiger partial charge on any atom is -0.497 e. The summed E-state index contributed by atoms with van der Waals surface area (Å²) in [5.74, 6) is 0.248. The van der Waals surface area contributed by atoms with E-state index in [1.54, 1.807) is 55.9 Å². The second-order valence-electron chi connectivity index (χ2n) is 8.44. The number of halogens is 1. The van der Waals surface area contributed by atoms with Gasteiger partial charge in [-0.2, -0.15) is 4.31 Å². The van der Waals surface area contributed by atoms with Gasteiger partial charge in [-0.05, 0) is 89.6 Å². The molecule has 0 fully saturated rings. The fraction of sp³-hybridized carbons (Fsp3) is 0.143. The van der Waals surface area contributed by atoms with Gasteiger partial charge in [-0.1, -0.05) is 24.3 Å². The summed E-state index contributed by atoms with van der Waals surface area (Å²) >= 11 is 5.36. The average molecular weight is 551 g/mol. The van der Waals surface area contributed by atoms with Gasteiger partial charge in [0.1, 0.15) is 11.6 Å². The minimum atomic E-state index is -3.90. The molecule has 0 bridgehead atoms. The molecule has 0 saturated carbocycles. The summed E-state index contributed by atoms with van der Waals surface area (Å²) in [6, 6.07) is 23.2. The van der Waals surface area contributed by atoms with E-state index in [1.165, 1.54) is 28.6 Å². The number of anilines is 1. The molecule has 0 amide bonds. The Morgan fingerprint density at radius 1 is 0.921 bits per heavy atom. The molecule has 0 aliphatic rings. The minimum absolute atomic E-state index is 0.0723. The van der Waals surface area contributed by atoms with Crippen LogP contribution in [0.25, 0.3) is 0 Å². The van der Waals surface area contributed by atoms with Crippen molar-refractivity contribution in [2.24, 2.45) is 0 Å². The van der Waals surface area contributed by atoms with Crippen molar-refractivity contribution in [1.82, 2.24) is 14.6 Å². The van der Waals surface area contributed by atoms with Crippen LogP contribution in [-0.4, -0.2) is 29.9 Å². The van der Waals surface area contributed by atoms with Crippen LogP contribution in [0.1, 0.15) is 16.7 Å². The molecule has 10 heteroatoms. The first kappa shape index (κ1) is 27.2. The molecule has 196 valence electrons. The smallest absolute Gasteiger partial charge is 0.243 e. The summed E-state index contributed by atoms with van der Waals surface area (Å²) < 4.78 is 47.5. The maximum absolute atomic E-state index is 13.7. The Balaban J connectivity index is 1.50. The van der Waals surface area contributed by atoms with Crippen LogP contribution in [0.15, 0.2) is 102 Å². The van der Waals surface area contributed by atoms with Gasteiger partial charge in [0.2, 0.25) is 10.0 Å². The largest absolute Gasteiger partial charge is 0.497 e. The lowest BCUT2D eigenvalue weighted by molar-refractivity contribution is 0.395. The Bertz CT molecular complexity index is 1470. The fourth-order valence-electron chi connectivity index (χ4n) is 3.71.